The van der Waals surface area contributed by atoms with E-state index in [2.05, 4.69) is 4.98 Å². The minimum atomic E-state index is -0.863. The second-order valence-electron chi connectivity index (χ2n) is 9.45. The van der Waals surface area contributed by atoms with Crippen LogP contribution in [0.15, 0.2) is 64.2 Å². The number of carbonyl (C=O) groups excluding carboxylic acids is 3. The molecule has 0 unspecified atom stereocenters. The summed E-state index contributed by atoms with van der Waals surface area (Å²) in [6, 6.07) is 16.3. The van der Waals surface area contributed by atoms with Crippen LogP contribution in [0.2, 0.25) is 0 Å². The summed E-state index contributed by atoms with van der Waals surface area (Å²) in [5, 5.41) is 0. The first-order valence-corrected chi connectivity index (χ1v) is 12.7. The normalized spacial score (nSPS) is 14.8. The average molecular weight is 550 g/mol. The Hall–Kier alpha value is -4.71. The Balaban J connectivity index is 1.50. The summed E-state index contributed by atoms with van der Waals surface area (Å²) >= 11 is 0. The van der Waals surface area contributed by atoms with E-state index in [-0.39, 0.29) is 50.1 Å². The van der Waals surface area contributed by atoms with Crippen LogP contribution in [0.1, 0.15) is 17.5 Å². The Morgan fingerprint density at radius 3 is 2.45 bits per heavy atom. The van der Waals surface area contributed by atoms with Gasteiger partial charge >= 0.3 is 11.7 Å². The molecule has 0 spiro atoms. The van der Waals surface area contributed by atoms with E-state index in [1.54, 1.807) is 36.4 Å². The van der Waals surface area contributed by atoms with Crippen molar-refractivity contribution >= 4 is 35.0 Å². The summed E-state index contributed by atoms with van der Waals surface area (Å²) in [5.41, 5.74) is 6.87. The van der Waals surface area contributed by atoms with Crippen LogP contribution in [0.4, 0.5) is 17.2 Å². The lowest BCUT2D eigenvalue weighted by molar-refractivity contribution is -0.151. The first-order chi connectivity index (χ1) is 19.2. The van der Waals surface area contributed by atoms with Gasteiger partial charge in [-0.1, -0.05) is 48.0 Å². The fourth-order valence-electron chi connectivity index (χ4n) is 4.47. The minimum Gasteiger partial charge on any atom is -0.455 e. The summed E-state index contributed by atoms with van der Waals surface area (Å²) in [6.07, 6.45) is -0.0502. The molecule has 210 valence electrons. The van der Waals surface area contributed by atoms with Gasteiger partial charge in [0.1, 0.15) is 5.82 Å². The van der Waals surface area contributed by atoms with Gasteiger partial charge in [0, 0.05) is 32.3 Å². The molecule has 12 nitrogen and oxygen atoms in total. The third-order valence-corrected chi connectivity index (χ3v) is 6.63. The summed E-state index contributed by atoms with van der Waals surface area (Å²) in [7, 11) is 1.42. The average Bonchev–Trinajstić information content (AvgIpc) is 3.33. The van der Waals surface area contributed by atoms with Crippen LogP contribution in [0, 0.1) is 12.8 Å². The van der Waals surface area contributed by atoms with Gasteiger partial charge < -0.3 is 20.1 Å². The molecule has 40 heavy (non-hydrogen) atoms. The molecule has 1 aromatic heterocycles. The van der Waals surface area contributed by atoms with Gasteiger partial charge in [-0.05, 0) is 24.6 Å². The highest BCUT2D eigenvalue weighted by molar-refractivity contribution is 6.00. The highest BCUT2D eigenvalue weighted by Crippen LogP contribution is 2.26. The fourth-order valence-corrected chi connectivity index (χ4v) is 4.47. The Labute approximate surface area is 229 Å². The number of esters is 1. The number of hydrogen-bond acceptors (Lipinski definition) is 8. The van der Waals surface area contributed by atoms with Crippen molar-refractivity contribution in [3.8, 4) is 0 Å². The number of nitrogen functional groups attached to an aromatic ring is 1. The first-order valence-electron chi connectivity index (χ1n) is 12.7. The van der Waals surface area contributed by atoms with E-state index in [1.165, 1.54) is 12.0 Å². The van der Waals surface area contributed by atoms with E-state index < -0.39 is 35.7 Å². The summed E-state index contributed by atoms with van der Waals surface area (Å²) in [5.74, 6) is -2.65. The zero-order valence-corrected chi connectivity index (χ0v) is 22.3. The lowest BCUT2D eigenvalue weighted by Crippen LogP contribution is -2.44. The number of nitrogens with zero attached hydrogens (tertiary/aromatic N) is 3. The molecule has 1 atom stereocenters. The number of rotatable bonds is 10. The number of aryl methyl sites for hydroxylation is 1. The highest BCUT2D eigenvalue weighted by atomic mass is 16.5. The summed E-state index contributed by atoms with van der Waals surface area (Å²) in [6.45, 7) is 1.37. The van der Waals surface area contributed by atoms with Crippen LogP contribution in [0.25, 0.3) is 0 Å². The number of H-pyrrole nitrogens is 1. The van der Waals surface area contributed by atoms with Crippen molar-refractivity contribution in [3.63, 3.8) is 0 Å². The standard InChI is InChI=1S/C28H31N5O7/c1-18-8-10-21(11-9-18)32-16-20(14-22(32)34)27(37)40-17-23(35)31(12-13-39-2)24-25(29)33(28(38)30-26(24)36)15-19-6-4-3-5-7-19/h3-11,20H,12-17,29H2,1-2H3,(H,30,36,38)/t20-/m1/s1. The number of aromatic nitrogens is 2. The maximum atomic E-state index is 13.2. The number of nitrogens with one attached hydrogen (secondary N) is 1. The molecule has 1 fully saturated rings. The topological polar surface area (TPSA) is 157 Å². The molecule has 3 N–H and O–H groups in total. The van der Waals surface area contributed by atoms with Gasteiger partial charge in [-0.3, -0.25) is 33.6 Å². The van der Waals surface area contributed by atoms with Crippen molar-refractivity contribution < 1.29 is 23.9 Å². The molecule has 2 aromatic carbocycles. The third-order valence-electron chi connectivity index (χ3n) is 6.63. The van der Waals surface area contributed by atoms with E-state index >= 15 is 0 Å². The minimum absolute atomic E-state index is 0.0407. The molecule has 4 rings (SSSR count). The zero-order valence-electron chi connectivity index (χ0n) is 22.3. The van der Waals surface area contributed by atoms with Crippen LogP contribution in [0.5, 0.6) is 0 Å². The molecule has 0 aliphatic carbocycles. The predicted molar refractivity (Wildman–Crippen MR) is 148 cm³/mol. The predicted octanol–water partition coefficient (Wildman–Crippen LogP) is 1.05. The Bertz CT molecular complexity index is 1500. The Morgan fingerprint density at radius 1 is 1.07 bits per heavy atom. The molecule has 3 aromatic rings. The third kappa shape index (κ3) is 6.29. The van der Waals surface area contributed by atoms with Crippen LogP contribution < -0.4 is 26.8 Å². The first kappa shape index (κ1) is 28.3. The van der Waals surface area contributed by atoms with E-state index in [0.717, 1.165) is 20.6 Å². The second kappa shape index (κ2) is 12.4. The van der Waals surface area contributed by atoms with Crippen LogP contribution in [-0.4, -0.2) is 60.7 Å². The smallest absolute Gasteiger partial charge is 0.330 e. The number of amides is 2. The number of aromatic amines is 1. The van der Waals surface area contributed by atoms with Gasteiger partial charge in [0.15, 0.2) is 12.3 Å². The van der Waals surface area contributed by atoms with Crippen LogP contribution >= 0.6 is 0 Å². The number of carbonyl (C=O) groups is 3. The largest absolute Gasteiger partial charge is 0.455 e. The number of anilines is 3. The molecular weight excluding hydrogens is 518 g/mol. The fraction of sp³-hybridized carbons (Fsp3) is 0.321. The number of benzene rings is 2. The van der Waals surface area contributed by atoms with Gasteiger partial charge in [0.2, 0.25) is 5.91 Å². The molecule has 2 amide bonds. The van der Waals surface area contributed by atoms with Crippen molar-refractivity contribution in [1.82, 2.24) is 9.55 Å². The van der Waals surface area contributed by atoms with Crippen molar-refractivity contribution in [1.29, 1.82) is 0 Å². The van der Waals surface area contributed by atoms with E-state index in [9.17, 15) is 24.0 Å². The monoisotopic (exact) mass is 549 g/mol. The zero-order chi connectivity index (χ0) is 28.8. The van der Waals surface area contributed by atoms with Crippen molar-refractivity contribution in [2.45, 2.75) is 19.9 Å². The van der Waals surface area contributed by atoms with Crippen molar-refractivity contribution in [2.75, 3.05) is 48.9 Å². The highest BCUT2D eigenvalue weighted by Gasteiger charge is 2.37. The van der Waals surface area contributed by atoms with Crippen LogP contribution in [-0.2, 0) is 30.4 Å². The van der Waals surface area contributed by atoms with Gasteiger partial charge in [-0.2, -0.15) is 0 Å². The maximum Gasteiger partial charge on any atom is 0.330 e. The molecule has 1 saturated heterocycles. The molecule has 0 radical (unpaired) electrons. The van der Waals surface area contributed by atoms with E-state index in [4.69, 9.17) is 15.2 Å². The molecule has 2 heterocycles. The Morgan fingerprint density at radius 2 is 1.77 bits per heavy atom. The molecule has 0 bridgehead atoms. The van der Waals surface area contributed by atoms with Gasteiger partial charge in [0.25, 0.3) is 11.5 Å². The molecular formula is C28H31N5O7. The van der Waals surface area contributed by atoms with E-state index in [1.807, 2.05) is 25.1 Å². The molecule has 12 heteroatoms. The summed E-state index contributed by atoms with van der Waals surface area (Å²) < 4.78 is 11.5. The molecule has 1 aliphatic heterocycles. The maximum absolute atomic E-state index is 13.2. The number of nitrogens with two attached hydrogens (primary N) is 1. The second-order valence-corrected chi connectivity index (χ2v) is 9.45. The van der Waals surface area contributed by atoms with Crippen molar-refractivity contribution in [2.24, 2.45) is 5.92 Å². The summed E-state index contributed by atoms with van der Waals surface area (Å²) in [4.78, 5) is 68.7. The Kier molecular flexibility index (Phi) is 8.80. The number of ether oxygens (including phenoxy) is 2. The van der Waals surface area contributed by atoms with Gasteiger partial charge in [-0.15, -0.1) is 0 Å². The lowest BCUT2D eigenvalue weighted by Gasteiger charge is -2.24. The van der Waals surface area contributed by atoms with Gasteiger partial charge in [0.05, 0.1) is 19.1 Å². The lowest BCUT2D eigenvalue weighted by atomic mass is 10.1. The molecule has 0 saturated carbocycles. The number of hydrogen-bond donors (Lipinski definition) is 2. The van der Waals surface area contributed by atoms with Crippen LogP contribution in [0.3, 0.4) is 0 Å². The molecule has 1 aliphatic rings. The van der Waals surface area contributed by atoms with E-state index in [0.29, 0.717) is 5.69 Å². The SMILES string of the molecule is COCCN(C(=O)COC(=O)[C@@H]1CC(=O)N(c2ccc(C)cc2)C1)c1c(N)n(Cc2ccccc2)c(=O)[nH]c1=O. The van der Waals surface area contributed by atoms with Crippen molar-refractivity contribution in [3.05, 3.63) is 86.6 Å². The number of methoxy groups -OCH3 is 1. The quantitative estimate of drug-likeness (QED) is 0.355. The van der Waals surface area contributed by atoms with Gasteiger partial charge in [-0.25, -0.2) is 4.79 Å².